The predicted molar refractivity (Wildman–Crippen MR) is 131 cm³/mol. The second-order valence-corrected chi connectivity index (χ2v) is 11.3. The van der Waals surface area contributed by atoms with E-state index in [0.717, 1.165) is 55.0 Å². The van der Waals surface area contributed by atoms with Gasteiger partial charge in [0.25, 0.3) is 0 Å². The van der Waals surface area contributed by atoms with Gasteiger partial charge < -0.3 is 14.7 Å². The number of allylic oxidation sites excluding steroid dienone is 1. The molecular formula is C27H38ClNO4. The van der Waals surface area contributed by atoms with Crippen molar-refractivity contribution in [3.05, 3.63) is 46.1 Å². The lowest BCUT2D eigenvalue weighted by atomic mass is 9.66. The quantitative estimate of drug-likeness (QED) is 0.501. The van der Waals surface area contributed by atoms with Gasteiger partial charge in [0.2, 0.25) is 5.91 Å². The van der Waals surface area contributed by atoms with Gasteiger partial charge in [0, 0.05) is 49.2 Å². The number of nitrogens with zero attached hydrogens (tertiary/aromatic N) is 1. The number of aliphatic carboxylic acids is 1. The van der Waals surface area contributed by atoms with E-state index in [1.807, 2.05) is 6.20 Å². The Balaban J connectivity index is 1.91. The van der Waals surface area contributed by atoms with Gasteiger partial charge in [-0.3, -0.25) is 9.59 Å². The number of rotatable bonds is 8. The molecule has 1 atom stereocenters. The van der Waals surface area contributed by atoms with Crippen molar-refractivity contribution in [2.24, 2.45) is 11.3 Å². The molecule has 0 aromatic heterocycles. The van der Waals surface area contributed by atoms with Gasteiger partial charge in [0.05, 0.1) is 0 Å². The van der Waals surface area contributed by atoms with E-state index < -0.39 is 11.4 Å². The first-order valence-electron chi connectivity index (χ1n) is 12.1. The number of ether oxygens (including phenoxy) is 1. The normalized spacial score (nSPS) is 22.4. The first-order valence-corrected chi connectivity index (χ1v) is 12.5. The molecule has 1 amide bonds. The molecule has 2 aliphatic heterocycles. The summed E-state index contributed by atoms with van der Waals surface area (Å²) in [5, 5.41) is 9.75. The molecule has 1 fully saturated rings. The zero-order chi connectivity index (χ0) is 24.2. The zero-order valence-corrected chi connectivity index (χ0v) is 21.2. The molecule has 2 aliphatic rings. The van der Waals surface area contributed by atoms with Crippen LogP contribution in [0.3, 0.4) is 0 Å². The van der Waals surface area contributed by atoms with Gasteiger partial charge in [-0.1, -0.05) is 51.4 Å². The molecule has 0 spiro atoms. The number of hydrogen-bond donors (Lipinski definition) is 1. The Hall–Kier alpha value is -1.85. The molecular weight excluding hydrogens is 438 g/mol. The molecule has 0 radical (unpaired) electrons. The van der Waals surface area contributed by atoms with Crippen LogP contribution in [0.15, 0.2) is 30.0 Å². The minimum atomic E-state index is -0.834. The maximum atomic E-state index is 13.1. The number of carbonyl (C=O) groups excluding carboxylic acids is 1. The third kappa shape index (κ3) is 6.60. The Morgan fingerprint density at radius 3 is 2.58 bits per heavy atom. The van der Waals surface area contributed by atoms with Crippen molar-refractivity contribution < 1.29 is 19.4 Å². The zero-order valence-electron chi connectivity index (χ0n) is 20.5. The molecule has 3 rings (SSSR count). The van der Waals surface area contributed by atoms with E-state index in [1.54, 1.807) is 4.90 Å². The number of aryl methyl sites for hydroxylation is 1. The molecule has 6 heteroatoms. The molecule has 1 aromatic rings. The summed E-state index contributed by atoms with van der Waals surface area (Å²) in [7, 11) is 0. The van der Waals surface area contributed by atoms with Gasteiger partial charge in [-0.15, -0.1) is 0 Å². The topological polar surface area (TPSA) is 66.8 Å². The number of hydrogen-bond acceptors (Lipinski definition) is 3. The highest BCUT2D eigenvalue weighted by Gasteiger charge is 2.42. The largest absolute Gasteiger partial charge is 0.481 e. The molecule has 0 saturated carbocycles. The number of amides is 1. The molecule has 0 bridgehead atoms. The van der Waals surface area contributed by atoms with Gasteiger partial charge in [-0.2, -0.15) is 0 Å². The van der Waals surface area contributed by atoms with Crippen LogP contribution in [-0.2, 0) is 26.2 Å². The Morgan fingerprint density at radius 1 is 1.27 bits per heavy atom. The van der Waals surface area contributed by atoms with Crippen LogP contribution in [0.1, 0.15) is 77.3 Å². The molecule has 5 nitrogen and oxygen atoms in total. The fourth-order valence-electron chi connectivity index (χ4n) is 4.91. The van der Waals surface area contributed by atoms with Crippen LogP contribution in [0.2, 0.25) is 5.02 Å². The van der Waals surface area contributed by atoms with E-state index in [2.05, 4.69) is 45.9 Å². The van der Waals surface area contributed by atoms with E-state index in [0.29, 0.717) is 25.3 Å². The lowest BCUT2D eigenvalue weighted by molar-refractivity contribution is -0.138. The van der Waals surface area contributed by atoms with Crippen LogP contribution in [0, 0.1) is 11.3 Å². The standard InChI is InChI=1S/C27H38ClNO4/c1-26(2,3)12-9-20-7-8-21(16-23(20)28)27(4)17-24(30)29(13-5-6-25(31)32)18-22(27)19-10-14-33-15-11-19/h7-8,16,18-19H,5-6,9-15,17H2,1-4H3,(H,31,32)/t27-/m1/s1. The number of carbonyl (C=O) groups is 2. The van der Waals surface area contributed by atoms with Crippen molar-refractivity contribution in [3.8, 4) is 0 Å². The van der Waals surface area contributed by atoms with Gasteiger partial charge in [0.1, 0.15) is 0 Å². The van der Waals surface area contributed by atoms with Crippen molar-refractivity contribution >= 4 is 23.5 Å². The molecule has 1 N–H and O–H groups in total. The number of halogens is 1. The second-order valence-electron chi connectivity index (χ2n) is 10.9. The smallest absolute Gasteiger partial charge is 0.303 e. The highest BCUT2D eigenvalue weighted by atomic mass is 35.5. The molecule has 182 valence electrons. The van der Waals surface area contributed by atoms with Crippen LogP contribution in [0.5, 0.6) is 0 Å². The highest BCUT2D eigenvalue weighted by molar-refractivity contribution is 6.31. The van der Waals surface area contributed by atoms with Crippen molar-refractivity contribution in [3.63, 3.8) is 0 Å². The highest BCUT2D eigenvalue weighted by Crippen LogP contribution is 2.46. The summed E-state index contributed by atoms with van der Waals surface area (Å²) in [5.41, 5.74) is 3.26. The Morgan fingerprint density at radius 2 is 1.97 bits per heavy atom. The van der Waals surface area contributed by atoms with Gasteiger partial charge >= 0.3 is 5.97 Å². The number of carboxylic acid groups (broad SMARTS) is 1. The van der Waals surface area contributed by atoms with E-state index >= 15 is 0 Å². The van der Waals surface area contributed by atoms with Gasteiger partial charge in [0.15, 0.2) is 0 Å². The third-order valence-corrected chi connectivity index (χ3v) is 7.39. The molecule has 1 aromatic carbocycles. The van der Waals surface area contributed by atoms with E-state index in [-0.39, 0.29) is 17.7 Å². The van der Waals surface area contributed by atoms with Crippen LogP contribution >= 0.6 is 11.6 Å². The first kappa shape index (κ1) is 25.8. The summed E-state index contributed by atoms with van der Waals surface area (Å²) in [4.78, 5) is 25.8. The first-order chi connectivity index (χ1) is 15.5. The third-order valence-electron chi connectivity index (χ3n) is 7.04. The molecule has 2 heterocycles. The Kier molecular flexibility index (Phi) is 8.28. The minimum absolute atomic E-state index is 0.0339. The minimum Gasteiger partial charge on any atom is -0.481 e. The maximum Gasteiger partial charge on any atom is 0.303 e. The van der Waals surface area contributed by atoms with Crippen LogP contribution in [-0.4, -0.2) is 41.6 Å². The van der Waals surface area contributed by atoms with Crippen LogP contribution in [0.25, 0.3) is 0 Å². The number of benzene rings is 1. The fraction of sp³-hybridized carbons (Fsp3) is 0.630. The summed E-state index contributed by atoms with van der Waals surface area (Å²) in [6.45, 7) is 10.7. The van der Waals surface area contributed by atoms with Crippen molar-refractivity contribution in [2.45, 2.75) is 78.1 Å². The Labute approximate surface area is 203 Å². The van der Waals surface area contributed by atoms with Crippen molar-refractivity contribution in [1.82, 2.24) is 4.90 Å². The maximum absolute atomic E-state index is 13.1. The van der Waals surface area contributed by atoms with Gasteiger partial charge in [-0.05, 0) is 66.2 Å². The molecule has 33 heavy (non-hydrogen) atoms. The number of carboxylic acids is 1. The average Bonchev–Trinajstić information content (AvgIpc) is 2.74. The summed E-state index contributed by atoms with van der Waals surface area (Å²) < 4.78 is 5.60. The van der Waals surface area contributed by atoms with Crippen LogP contribution in [0.4, 0.5) is 0 Å². The average molecular weight is 476 g/mol. The van der Waals surface area contributed by atoms with E-state index in [4.69, 9.17) is 21.4 Å². The summed E-state index contributed by atoms with van der Waals surface area (Å²) in [6, 6.07) is 6.32. The van der Waals surface area contributed by atoms with Crippen molar-refractivity contribution in [1.29, 1.82) is 0 Å². The molecule has 0 aliphatic carbocycles. The monoisotopic (exact) mass is 475 g/mol. The lowest BCUT2D eigenvalue weighted by Gasteiger charge is -2.43. The van der Waals surface area contributed by atoms with Gasteiger partial charge in [-0.25, -0.2) is 0 Å². The van der Waals surface area contributed by atoms with E-state index in [1.165, 1.54) is 5.57 Å². The fourth-order valence-corrected chi connectivity index (χ4v) is 5.19. The van der Waals surface area contributed by atoms with Crippen molar-refractivity contribution in [2.75, 3.05) is 19.8 Å². The van der Waals surface area contributed by atoms with Crippen LogP contribution < -0.4 is 0 Å². The molecule has 1 saturated heterocycles. The lowest BCUT2D eigenvalue weighted by Crippen LogP contribution is -2.44. The predicted octanol–water partition coefficient (Wildman–Crippen LogP) is 5.98. The summed E-state index contributed by atoms with van der Waals surface area (Å²) in [5.74, 6) is -0.469. The summed E-state index contributed by atoms with van der Waals surface area (Å²) in [6.07, 6.45) is 6.72. The SMILES string of the molecule is CC(C)(C)CCc1ccc([C@@]2(C)CC(=O)N(CCCC(=O)O)C=C2C2CCOCC2)cc1Cl. The second kappa shape index (κ2) is 10.6. The van der Waals surface area contributed by atoms with E-state index in [9.17, 15) is 9.59 Å². The molecule has 0 unspecified atom stereocenters. The Bertz CT molecular complexity index is 898. The summed E-state index contributed by atoms with van der Waals surface area (Å²) >= 11 is 6.75.